The van der Waals surface area contributed by atoms with Gasteiger partial charge in [-0.1, -0.05) is 24.2 Å². The van der Waals surface area contributed by atoms with Gasteiger partial charge in [0.2, 0.25) is 5.91 Å². The Morgan fingerprint density at radius 3 is 2.55 bits per heavy atom. The van der Waals surface area contributed by atoms with Gasteiger partial charge in [0.1, 0.15) is 5.75 Å². The number of carbonyl (C=O) groups is 1. The van der Waals surface area contributed by atoms with Gasteiger partial charge in [-0.3, -0.25) is 4.79 Å². The van der Waals surface area contributed by atoms with Gasteiger partial charge in [0.15, 0.2) is 5.82 Å². The first kappa shape index (κ1) is 20.9. The third-order valence-corrected chi connectivity index (χ3v) is 5.42. The molecule has 1 saturated heterocycles. The summed E-state index contributed by atoms with van der Waals surface area (Å²) in [6, 6.07) is 15.9. The van der Waals surface area contributed by atoms with E-state index in [2.05, 4.69) is 17.1 Å². The lowest BCUT2D eigenvalue weighted by Crippen LogP contribution is -2.24. The molecule has 1 atom stereocenters. The molecule has 7 nitrogen and oxygen atoms in total. The van der Waals surface area contributed by atoms with Crippen LogP contribution >= 0.6 is 0 Å². The molecule has 0 N–H and O–H groups in total. The van der Waals surface area contributed by atoms with E-state index < -0.39 is 0 Å². The molecule has 1 amide bonds. The highest BCUT2D eigenvalue weighted by atomic mass is 16.5. The predicted molar refractivity (Wildman–Crippen MR) is 119 cm³/mol. The quantitative estimate of drug-likeness (QED) is 0.546. The number of aromatic nitrogens is 2. The molecule has 7 heteroatoms. The average Bonchev–Trinajstić information content (AvgIpc) is 3.41. The Labute approximate surface area is 182 Å². The van der Waals surface area contributed by atoms with Crippen molar-refractivity contribution in [3.8, 4) is 17.2 Å². The van der Waals surface area contributed by atoms with E-state index in [1.54, 1.807) is 0 Å². The van der Waals surface area contributed by atoms with Crippen LogP contribution < -0.4 is 9.64 Å². The summed E-state index contributed by atoms with van der Waals surface area (Å²) >= 11 is 0. The minimum atomic E-state index is -0.0572. The minimum absolute atomic E-state index is 0.0572. The molecule has 1 unspecified atom stereocenters. The van der Waals surface area contributed by atoms with E-state index in [0.29, 0.717) is 37.8 Å². The largest absolute Gasteiger partial charge is 0.494 e. The number of rotatable bonds is 8. The molecular formula is C24H28N4O3. The summed E-state index contributed by atoms with van der Waals surface area (Å²) in [4.78, 5) is 21.0. The van der Waals surface area contributed by atoms with Crippen LogP contribution in [0.4, 0.5) is 5.69 Å². The summed E-state index contributed by atoms with van der Waals surface area (Å²) < 4.78 is 11.1. The molecule has 0 radical (unpaired) electrons. The molecule has 1 aliphatic heterocycles. The smallest absolute Gasteiger partial charge is 0.257 e. The molecule has 0 aliphatic carbocycles. The van der Waals surface area contributed by atoms with E-state index in [1.807, 2.05) is 72.4 Å². The molecule has 0 spiro atoms. The summed E-state index contributed by atoms with van der Waals surface area (Å²) in [7, 11) is 3.99. The maximum atomic E-state index is 12.6. The summed E-state index contributed by atoms with van der Waals surface area (Å²) in [6.45, 7) is 3.95. The average molecular weight is 421 g/mol. The van der Waals surface area contributed by atoms with Gasteiger partial charge >= 0.3 is 0 Å². The number of hydrogen-bond acceptors (Lipinski definition) is 6. The monoisotopic (exact) mass is 420 g/mol. The van der Waals surface area contributed by atoms with Crippen LogP contribution in [0.25, 0.3) is 11.5 Å². The van der Waals surface area contributed by atoms with Gasteiger partial charge in [0.05, 0.1) is 6.61 Å². The lowest BCUT2D eigenvalue weighted by atomic mass is 10.1. The Morgan fingerprint density at radius 1 is 1.13 bits per heavy atom. The highest BCUT2D eigenvalue weighted by Gasteiger charge is 2.33. The van der Waals surface area contributed by atoms with Crippen molar-refractivity contribution in [3.05, 3.63) is 59.9 Å². The van der Waals surface area contributed by atoms with E-state index in [0.717, 1.165) is 29.0 Å². The van der Waals surface area contributed by atoms with E-state index in [9.17, 15) is 4.79 Å². The standard InChI is InChI=1S/C24H28N4O3/c1-4-13-30-21-11-5-17(6-12-21)15-28-16-19(14-22(28)29)23-25-24(31-26-23)18-7-9-20(10-8-18)27(2)3/h5-12,19H,4,13-16H2,1-3H3. The number of ether oxygens (including phenoxy) is 1. The minimum Gasteiger partial charge on any atom is -0.494 e. The van der Waals surface area contributed by atoms with Crippen molar-refractivity contribution < 1.29 is 14.1 Å². The van der Waals surface area contributed by atoms with E-state index >= 15 is 0 Å². The van der Waals surface area contributed by atoms with Gasteiger partial charge in [0, 0.05) is 50.8 Å². The molecule has 0 bridgehead atoms. The van der Waals surface area contributed by atoms with Crippen molar-refractivity contribution in [2.45, 2.75) is 32.2 Å². The fourth-order valence-corrected chi connectivity index (χ4v) is 3.65. The van der Waals surface area contributed by atoms with Crippen LogP contribution in [0.2, 0.25) is 0 Å². The second kappa shape index (κ2) is 9.20. The Balaban J connectivity index is 1.39. The van der Waals surface area contributed by atoms with E-state index in [-0.39, 0.29) is 11.8 Å². The van der Waals surface area contributed by atoms with Crippen LogP contribution in [0.3, 0.4) is 0 Å². The number of nitrogens with zero attached hydrogens (tertiary/aromatic N) is 4. The zero-order valence-electron chi connectivity index (χ0n) is 18.2. The third-order valence-electron chi connectivity index (χ3n) is 5.42. The first-order chi connectivity index (χ1) is 15.0. The number of hydrogen-bond donors (Lipinski definition) is 0. The number of benzene rings is 2. The number of carbonyl (C=O) groups excluding carboxylic acids is 1. The zero-order chi connectivity index (χ0) is 21.8. The molecular weight excluding hydrogens is 392 g/mol. The number of likely N-dealkylation sites (tertiary alicyclic amines) is 1. The van der Waals surface area contributed by atoms with Gasteiger partial charge in [-0.15, -0.1) is 0 Å². The van der Waals surface area contributed by atoms with Crippen molar-refractivity contribution in [2.75, 3.05) is 32.1 Å². The van der Waals surface area contributed by atoms with Crippen molar-refractivity contribution in [3.63, 3.8) is 0 Å². The fourth-order valence-electron chi connectivity index (χ4n) is 3.65. The van der Waals surface area contributed by atoms with Crippen LogP contribution in [0.1, 0.15) is 37.1 Å². The SMILES string of the molecule is CCCOc1ccc(CN2CC(c3noc(-c4ccc(N(C)C)cc4)n3)CC2=O)cc1. The van der Waals surface area contributed by atoms with Gasteiger partial charge in [-0.2, -0.15) is 4.98 Å². The van der Waals surface area contributed by atoms with Crippen molar-refractivity contribution in [1.29, 1.82) is 0 Å². The van der Waals surface area contributed by atoms with E-state index in [1.165, 1.54) is 0 Å². The molecule has 162 valence electrons. The maximum absolute atomic E-state index is 12.6. The van der Waals surface area contributed by atoms with Crippen molar-refractivity contribution in [1.82, 2.24) is 15.0 Å². The Morgan fingerprint density at radius 2 is 1.87 bits per heavy atom. The summed E-state index contributed by atoms with van der Waals surface area (Å²) in [5.74, 6) is 1.98. The highest BCUT2D eigenvalue weighted by Crippen LogP contribution is 2.30. The summed E-state index contributed by atoms with van der Waals surface area (Å²) in [5, 5.41) is 4.16. The summed E-state index contributed by atoms with van der Waals surface area (Å²) in [6.07, 6.45) is 1.38. The van der Waals surface area contributed by atoms with Gasteiger partial charge < -0.3 is 19.1 Å². The maximum Gasteiger partial charge on any atom is 0.257 e. The van der Waals surface area contributed by atoms with Crippen LogP contribution in [0.15, 0.2) is 53.1 Å². The normalized spacial score (nSPS) is 16.0. The molecule has 1 fully saturated rings. The highest BCUT2D eigenvalue weighted by molar-refractivity contribution is 5.79. The number of anilines is 1. The fraction of sp³-hybridized carbons (Fsp3) is 0.375. The summed E-state index contributed by atoms with van der Waals surface area (Å²) in [5.41, 5.74) is 3.05. The molecule has 31 heavy (non-hydrogen) atoms. The van der Waals surface area contributed by atoms with Crippen molar-refractivity contribution >= 4 is 11.6 Å². The third kappa shape index (κ3) is 4.87. The Bertz CT molecular complexity index is 1010. The van der Waals surface area contributed by atoms with Gasteiger partial charge in [0.25, 0.3) is 5.89 Å². The molecule has 2 heterocycles. The molecule has 1 aromatic heterocycles. The molecule has 3 aromatic rings. The molecule has 0 saturated carbocycles. The van der Waals surface area contributed by atoms with E-state index in [4.69, 9.17) is 9.26 Å². The zero-order valence-corrected chi connectivity index (χ0v) is 18.2. The first-order valence-corrected chi connectivity index (χ1v) is 10.6. The van der Waals surface area contributed by atoms with Crippen LogP contribution in [0.5, 0.6) is 5.75 Å². The van der Waals surface area contributed by atoms with Crippen LogP contribution in [-0.4, -0.2) is 48.2 Å². The molecule has 2 aromatic carbocycles. The Hall–Kier alpha value is -3.35. The van der Waals surface area contributed by atoms with Gasteiger partial charge in [-0.05, 0) is 48.4 Å². The van der Waals surface area contributed by atoms with Crippen LogP contribution in [-0.2, 0) is 11.3 Å². The second-order valence-corrected chi connectivity index (χ2v) is 8.07. The predicted octanol–water partition coefficient (Wildman–Crippen LogP) is 4.11. The molecule has 1 aliphatic rings. The Kier molecular flexibility index (Phi) is 6.21. The number of amides is 1. The van der Waals surface area contributed by atoms with Gasteiger partial charge in [-0.25, -0.2) is 0 Å². The second-order valence-electron chi connectivity index (χ2n) is 8.07. The van der Waals surface area contributed by atoms with Crippen LogP contribution in [0, 0.1) is 0 Å². The topological polar surface area (TPSA) is 71.7 Å². The lowest BCUT2D eigenvalue weighted by Gasteiger charge is -2.16. The lowest BCUT2D eigenvalue weighted by molar-refractivity contribution is -0.128. The van der Waals surface area contributed by atoms with Crippen molar-refractivity contribution in [2.24, 2.45) is 0 Å². The molecule has 4 rings (SSSR count). The first-order valence-electron chi connectivity index (χ1n) is 10.6.